The minimum Gasteiger partial charge on any atom is -0.397 e. The molecule has 0 bridgehead atoms. The summed E-state index contributed by atoms with van der Waals surface area (Å²) < 4.78 is 0. The van der Waals surface area contributed by atoms with Gasteiger partial charge in [0.2, 0.25) is 0 Å². The second kappa shape index (κ2) is 11.4. The quantitative estimate of drug-likeness (QED) is 0.374. The van der Waals surface area contributed by atoms with E-state index in [1.54, 1.807) is 0 Å². The van der Waals surface area contributed by atoms with Gasteiger partial charge in [-0.1, -0.05) is 65.2 Å². The molecule has 1 aromatic carbocycles. The fourth-order valence-corrected chi connectivity index (χ4v) is 3.03. The Labute approximate surface area is 137 Å². The molecule has 126 valence electrons. The highest BCUT2D eigenvalue weighted by Crippen LogP contribution is 2.25. The lowest BCUT2D eigenvalue weighted by Crippen LogP contribution is -2.02. The fourth-order valence-electron chi connectivity index (χ4n) is 3.03. The number of hydrogen-bond donors (Lipinski definition) is 2. The topological polar surface area (TPSA) is 52.0 Å². The van der Waals surface area contributed by atoms with Crippen molar-refractivity contribution in [1.82, 2.24) is 0 Å². The summed E-state index contributed by atoms with van der Waals surface area (Å²) in [7, 11) is 0. The maximum absolute atomic E-state index is 6.01. The van der Waals surface area contributed by atoms with E-state index in [0.29, 0.717) is 0 Å². The lowest BCUT2D eigenvalue weighted by atomic mass is 9.95. The summed E-state index contributed by atoms with van der Waals surface area (Å²) in [5.74, 6) is 0. The Hall–Kier alpha value is -1.18. The number of rotatable bonds is 12. The van der Waals surface area contributed by atoms with Gasteiger partial charge < -0.3 is 11.5 Å². The van der Waals surface area contributed by atoms with Crippen LogP contribution in [-0.4, -0.2) is 0 Å². The first kappa shape index (κ1) is 18.9. The Morgan fingerprint density at radius 3 is 1.32 bits per heavy atom. The van der Waals surface area contributed by atoms with Gasteiger partial charge in [0.05, 0.1) is 11.4 Å². The highest BCUT2D eigenvalue weighted by atomic mass is 14.7. The standard InChI is InChI=1S/C20H36N2/c1-3-5-7-9-11-13-17-15-19(21)20(22)16-18(17)14-12-10-8-6-4-2/h15-16H,3-14,21-22H2,1-2H3. The lowest BCUT2D eigenvalue weighted by molar-refractivity contribution is 0.621. The Bertz CT molecular complexity index is 373. The van der Waals surface area contributed by atoms with Crippen molar-refractivity contribution < 1.29 is 0 Å². The highest BCUT2D eigenvalue weighted by molar-refractivity contribution is 5.66. The molecule has 0 amide bonds. The largest absolute Gasteiger partial charge is 0.397 e. The van der Waals surface area contributed by atoms with Gasteiger partial charge in [0.1, 0.15) is 0 Å². The van der Waals surface area contributed by atoms with Crippen molar-refractivity contribution in [3.8, 4) is 0 Å². The molecule has 0 aliphatic rings. The van der Waals surface area contributed by atoms with E-state index in [-0.39, 0.29) is 0 Å². The van der Waals surface area contributed by atoms with E-state index in [1.165, 1.54) is 75.3 Å². The lowest BCUT2D eigenvalue weighted by Gasteiger charge is -2.13. The van der Waals surface area contributed by atoms with E-state index in [0.717, 1.165) is 24.2 Å². The smallest absolute Gasteiger partial charge is 0.0550 e. The molecule has 0 aromatic heterocycles. The first-order chi connectivity index (χ1) is 10.7. The predicted octanol–water partition coefficient (Wildman–Crippen LogP) is 5.88. The molecule has 1 aromatic rings. The van der Waals surface area contributed by atoms with Crippen LogP contribution in [0.25, 0.3) is 0 Å². The average Bonchev–Trinajstić information content (AvgIpc) is 2.51. The van der Waals surface area contributed by atoms with Crippen molar-refractivity contribution in [3.63, 3.8) is 0 Å². The first-order valence-corrected chi connectivity index (χ1v) is 9.35. The van der Waals surface area contributed by atoms with Crippen LogP contribution in [0, 0.1) is 0 Å². The van der Waals surface area contributed by atoms with Crippen LogP contribution in [0.3, 0.4) is 0 Å². The molecule has 0 aliphatic heterocycles. The Morgan fingerprint density at radius 1 is 0.591 bits per heavy atom. The minimum absolute atomic E-state index is 0.748. The van der Waals surface area contributed by atoms with Crippen molar-refractivity contribution in [2.24, 2.45) is 0 Å². The van der Waals surface area contributed by atoms with Gasteiger partial charge in [-0.15, -0.1) is 0 Å². The molecule has 0 aliphatic carbocycles. The summed E-state index contributed by atoms with van der Waals surface area (Å²) >= 11 is 0. The molecule has 22 heavy (non-hydrogen) atoms. The summed E-state index contributed by atoms with van der Waals surface area (Å²) in [6.45, 7) is 4.52. The summed E-state index contributed by atoms with van der Waals surface area (Å²) in [5, 5.41) is 0. The second-order valence-corrected chi connectivity index (χ2v) is 6.58. The summed E-state index contributed by atoms with van der Waals surface area (Å²) in [4.78, 5) is 0. The molecule has 0 unspecified atom stereocenters. The van der Waals surface area contributed by atoms with Crippen LogP contribution in [0.2, 0.25) is 0 Å². The molecule has 0 atom stereocenters. The van der Waals surface area contributed by atoms with E-state index >= 15 is 0 Å². The molecular formula is C20H36N2. The second-order valence-electron chi connectivity index (χ2n) is 6.58. The maximum Gasteiger partial charge on any atom is 0.0550 e. The van der Waals surface area contributed by atoms with Gasteiger partial charge in [-0.3, -0.25) is 0 Å². The molecule has 0 spiro atoms. The number of unbranched alkanes of at least 4 members (excludes halogenated alkanes) is 8. The normalized spacial score (nSPS) is 11.0. The van der Waals surface area contributed by atoms with Crippen LogP contribution in [-0.2, 0) is 12.8 Å². The highest BCUT2D eigenvalue weighted by Gasteiger charge is 2.07. The van der Waals surface area contributed by atoms with Crippen molar-refractivity contribution in [2.75, 3.05) is 11.5 Å². The van der Waals surface area contributed by atoms with Crippen molar-refractivity contribution in [1.29, 1.82) is 0 Å². The van der Waals surface area contributed by atoms with Crippen LogP contribution in [0.15, 0.2) is 12.1 Å². The van der Waals surface area contributed by atoms with Gasteiger partial charge in [-0.2, -0.15) is 0 Å². The zero-order valence-electron chi connectivity index (χ0n) is 14.8. The molecule has 0 saturated carbocycles. The number of hydrogen-bond acceptors (Lipinski definition) is 2. The van der Waals surface area contributed by atoms with Crippen LogP contribution in [0.4, 0.5) is 11.4 Å². The fraction of sp³-hybridized carbons (Fsp3) is 0.700. The summed E-state index contributed by atoms with van der Waals surface area (Å²) in [5.41, 5.74) is 16.4. The van der Waals surface area contributed by atoms with Gasteiger partial charge in [0.25, 0.3) is 0 Å². The third-order valence-corrected chi connectivity index (χ3v) is 4.50. The molecule has 0 radical (unpaired) electrons. The Balaban J connectivity index is 2.51. The Morgan fingerprint density at radius 2 is 0.955 bits per heavy atom. The zero-order valence-corrected chi connectivity index (χ0v) is 14.8. The zero-order chi connectivity index (χ0) is 16.2. The number of nitrogens with two attached hydrogens (primary N) is 2. The summed E-state index contributed by atoms with van der Waals surface area (Å²) in [6, 6.07) is 4.24. The monoisotopic (exact) mass is 304 g/mol. The Kier molecular flexibility index (Phi) is 9.77. The van der Waals surface area contributed by atoms with Crippen LogP contribution in [0.1, 0.15) is 89.2 Å². The van der Waals surface area contributed by atoms with Crippen LogP contribution >= 0.6 is 0 Å². The first-order valence-electron chi connectivity index (χ1n) is 9.35. The predicted molar refractivity (Wildman–Crippen MR) is 100 cm³/mol. The van der Waals surface area contributed by atoms with Gasteiger partial charge in [0, 0.05) is 0 Å². The van der Waals surface area contributed by atoms with Gasteiger partial charge >= 0.3 is 0 Å². The van der Waals surface area contributed by atoms with Crippen LogP contribution in [0.5, 0.6) is 0 Å². The van der Waals surface area contributed by atoms with Gasteiger partial charge in [-0.25, -0.2) is 0 Å². The average molecular weight is 305 g/mol. The third-order valence-electron chi connectivity index (χ3n) is 4.50. The van der Waals surface area contributed by atoms with E-state index in [9.17, 15) is 0 Å². The number of aryl methyl sites for hydroxylation is 2. The molecule has 2 heteroatoms. The van der Waals surface area contributed by atoms with E-state index in [4.69, 9.17) is 11.5 Å². The van der Waals surface area contributed by atoms with Crippen molar-refractivity contribution in [3.05, 3.63) is 23.3 Å². The molecule has 0 heterocycles. The van der Waals surface area contributed by atoms with Crippen molar-refractivity contribution >= 4 is 11.4 Å². The minimum atomic E-state index is 0.748. The van der Waals surface area contributed by atoms with Crippen LogP contribution < -0.4 is 11.5 Å². The molecular weight excluding hydrogens is 268 g/mol. The van der Waals surface area contributed by atoms with Gasteiger partial charge in [-0.05, 0) is 48.9 Å². The SMILES string of the molecule is CCCCCCCc1cc(N)c(N)cc1CCCCCCC. The molecule has 4 N–H and O–H groups in total. The third kappa shape index (κ3) is 7.20. The number of benzene rings is 1. The maximum atomic E-state index is 6.01. The molecule has 0 fully saturated rings. The summed E-state index contributed by atoms with van der Waals surface area (Å²) in [6.07, 6.45) is 15.5. The van der Waals surface area contributed by atoms with E-state index in [1.807, 2.05) is 0 Å². The number of nitrogen functional groups attached to an aromatic ring is 2. The van der Waals surface area contributed by atoms with E-state index < -0.39 is 0 Å². The van der Waals surface area contributed by atoms with E-state index in [2.05, 4.69) is 26.0 Å². The van der Waals surface area contributed by atoms with Crippen molar-refractivity contribution in [2.45, 2.75) is 90.9 Å². The number of anilines is 2. The van der Waals surface area contributed by atoms with Gasteiger partial charge in [0.15, 0.2) is 0 Å². The molecule has 1 rings (SSSR count). The molecule has 0 saturated heterocycles. The molecule has 2 nitrogen and oxygen atoms in total.